The minimum Gasteiger partial charge on any atom is -0.482 e. The van der Waals surface area contributed by atoms with Gasteiger partial charge in [-0.25, -0.2) is 17.9 Å². The van der Waals surface area contributed by atoms with E-state index in [-0.39, 0.29) is 10.9 Å². The molecular weight excluding hydrogens is 330 g/mol. The van der Waals surface area contributed by atoms with Gasteiger partial charge in [-0.15, -0.1) is 0 Å². The largest absolute Gasteiger partial charge is 0.482 e. The van der Waals surface area contributed by atoms with Crippen molar-refractivity contribution in [1.29, 1.82) is 0 Å². The van der Waals surface area contributed by atoms with Crippen LogP contribution in [0.25, 0.3) is 0 Å². The first-order valence-corrected chi connectivity index (χ1v) is 8.96. The van der Waals surface area contributed by atoms with Crippen LogP contribution >= 0.6 is 0 Å². The zero-order valence-electron chi connectivity index (χ0n) is 12.8. The van der Waals surface area contributed by atoms with Crippen molar-refractivity contribution in [3.8, 4) is 5.75 Å². The minimum absolute atomic E-state index is 0.222. The number of benzene rings is 2. The van der Waals surface area contributed by atoms with E-state index in [2.05, 4.69) is 4.72 Å². The first kappa shape index (κ1) is 16.5. The molecule has 0 aliphatic heterocycles. The highest BCUT2D eigenvalue weighted by Crippen LogP contribution is 2.27. The Morgan fingerprint density at radius 1 is 1.12 bits per heavy atom. The number of hydrogen-bond donors (Lipinski definition) is 2. The number of fused-ring (bicyclic) bond motifs is 1. The lowest BCUT2D eigenvalue weighted by molar-refractivity contribution is -0.139. The minimum atomic E-state index is -3.55. The Morgan fingerprint density at radius 2 is 1.83 bits per heavy atom. The molecule has 0 heterocycles. The van der Waals surface area contributed by atoms with Gasteiger partial charge in [0.15, 0.2) is 6.61 Å². The number of rotatable bonds is 6. The average Bonchev–Trinajstić information content (AvgIpc) is 2.94. The third-order valence-corrected chi connectivity index (χ3v) is 5.38. The van der Waals surface area contributed by atoms with Gasteiger partial charge in [0.1, 0.15) is 5.75 Å². The number of aliphatic carboxylic acids is 1. The van der Waals surface area contributed by atoms with Crippen LogP contribution in [-0.4, -0.2) is 32.1 Å². The molecule has 6 nitrogen and oxygen atoms in total. The summed E-state index contributed by atoms with van der Waals surface area (Å²) in [5, 5.41) is 8.64. The van der Waals surface area contributed by atoms with Crippen LogP contribution < -0.4 is 9.46 Å². The van der Waals surface area contributed by atoms with E-state index in [1.807, 2.05) is 6.07 Å². The molecule has 0 fully saturated rings. The van der Waals surface area contributed by atoms with Gasteiger partial charge >= 0.3 is 5.97 Å². The summed E-state index contributed by atoms with van der Waals surface area (Å²) in [6.45, 7) is -0.400. The fourth-order valence-electron chi connectivity index (χ4n) is 2.80. The summed E-state index contributed by atoms with van der Waals surface area (Å²) in [5.74, 6) is -0.563. The van der Waals surface area contributed by atoms with Gasteiger partial charge < -0.3 is 9.84 Å². The second-order valence-electron chi connectivity index (χ2n) is 5.65. The van der Waals surface area contributed by atoms with Crippen LogP contribution in [0.1, 0.15) is 11.1 Å². The second-order valence-corrected chi connectivity index (χ2v) is 7.37. The molecule has 2 N–H and O–H groups in total. The van der Waals surface area contributed by atoms with Crippen molar-refractivity contribution in [2.75, 3.05) is 6.61 Å². The third-order valence-electron chi connectivity index (χ3n) is 3.85. The summed E-state index contributed by atoms with van der Waals surface area (Å²) in [7, 11) is -3.55. The van der Waals surface area contributed by atoms with Gasteiger partial charge in [0, 0.05) is 6.04 Å². The number of hydrogen-bond acceptors (Lipinski definition) is 4. The van der Waals surface area contributed by atoms with Gasteiger partial charge in [-0.3, -0.25) is 0 Å². The van der Waals surface area contributed by atoms with Crippen LogP contribution in [0.3, 0.4) is 0 Å². The van der Waals surface area contributed by atoms with Crippen LogP contribution in [0.15, 0.2) is 53.4 Å². The average molecular weight is 347 g/mol. The highest BCUT2D eigenvalue weighted by atomic mass is 32.2. The van der Waals surface area contributed by atoms with E-state index in [1.54, 1.807) is 42.5 Å². The number of sulfonamides is 1. The summed E-state index contributed by atoms with van der Waals surface area (Å²) >= 11 is 0. The van der Waals surface area contributed by atoms with E-state index in [0.29, 0.717) is 18.6 Å². The monoisotopic (exact) mass is 347 g/mol. The molecule has 0 amide bonds. The zero-order valence-corrected chi connectivity index (χ0v) is 13.6. The van der Waals surface area contributed by atoms with E-state index in [4.69, 9.17) is 9.84 Å². The molecule has 1 aliphatic rings. The number of ether oxygens (including phenoxy) is 1. The van der Waals surface area contributed by atoms with Crippen LogP contribution in [0.5, 0.6) is 5.75 Å². The first-order valence-electron chi connectivity index (χ1n) is 7.48. The lowest BCUT2D eigenvalue weighted by Gasteiger charge is -2.12. The van der Waals surface area contributed by atoms with Gasteiger partial charge in [-0.2, -0.15) is 0 Å². The lowest BCUT2D eigenvalue weighted by atomic mass is 10.1. The van der Waals surface area contributed by atoms with E-state index < -0.39 is 22.6 Å². The van der Waals surface area contributed by atoms with Gasteiger partial charge in [-0.05, 0) is 48.2 Å². The van der Waals surface area contributed by atoms with Gasteiger partial charge in [0.25, 0.3) is 0 Å². The Bertz CT molecular complexity index is 849. The highest BCUT2D eigenvalue weighted by Gasteiger charge is 2.26. The lowest BCUT2D eigenvalue weighted by Crippen LogP contribution is -2.35. The fraction of sp³-hybridized carbons (Fsp3) is 0.235. The number of nitrogens with one attached hydrogen (secondary N) is 1. The molecule has 0 aromatic heterocycles. The molecule has 1 aliphatic carbocycles. The molecule has 7 heteroatoms. The van der Waals surface area contributed by atoms with Crippen LogP contribution in [-0.2, 0) is 27.7 Å². The quantitative estimate of drug-likeness (QED) is 0.828. The molecule has 0 spiro atoms. The molecule has 0 bridgehead atoms. The van der Waals surface area contributed by atoms with E-state index >= 15 is 0 Å². The highest BCUT2D eigenvalue weighted by molar-refractivity contribution is 7.89. The first-order chi connectivity index (χ1) is 11.4. The Morgan fingerprint density at radius 3 is 2.54 bits per heavy atom. The predicted molar refractivity (Wildman–Crippen MR) is 87.5 cm³/mol. The Balaban J connectivity index is 1.69. The summed E-state index contributed by atoms with van der Waals surface area (Å²) < 4.78 is 32.7. The summed E-state index contributed by atoms with van der Waals surface area (Å²) in [6.07, 6.45) is 1.15. The van der Waals surface area contributed by atoms with Gasteiger partial charge in [0.2, 0.25) is 10.0 Å². The maximum Gasteiger partial charge on any atom is 0.341 e. The fourth-order valence-corrected chi connectivity index (χ4v) is 4.06. The third kappa shape index (κ3) is 3.74. The number of carboxylic acids is 1. The normalized spacial score (nSPS) is 16.6. The van der Waals surface area contributed by atoms with Crippen LogP contribution in [0, 0.1) is 0 Å². The maximum atomic E-state index is 12.4. The maximum absolute atomic E-state index is 12.4. The Labute approximate surface area is 140 Å². The standard InChI is InChI=1S/C17H17NO5S/c19-17(20)11-23-15-7-6-12-8-14(9-13(12)10-15)18-24(21,22)16-4-2-1-3-5-16/h1-7,10,14,18H,8-9,11H2,(H,19,20). The topological polar surface area (TPSA) is 92.7 Å². The molecule has 2 aromatic carbocycles. The van der Waals surface area contributed by atoms with Crippen molar-refractivity contribution in [3.63, 3.8) is 0 Å². The SMILES string of the molecule is O=C(O)COc1ccc2c(c1)CC(NS(=O)(=O)c1ccccc1)C2. The second kappa shape index (κ2) is 6.62. The van der Waals surface area contributed by atoms with Crippen molar-refractivity contribution < 1.29 is 23.1 Å². The molecule has 0 saturated heterocycles. The van der Waals surface area contributed by atoms with E-state index in [0.717, 1.165) is 11.1 Å². The molecular formula is C17H17NO5S. The van der Waals surface area contributed by atoms with Crippen molar-refractivity contribution in [2.45, 2.75) is 23.8 Å². The molecule has 24 heavy (non-hydrogen) atoms. The van der Waals surface area contributed by atoms with Crippen molar-refractivity contribution in [3.05, 3.63) is 59.7 Å². The molecule has 126 valence electrons. The predicted octanol–water partition coefficient (Wildman–Crippen LogP) is 1.60. The van der Waals surface area contributed by atoms with Gasteiger partial charge in [0.05, 0.1) is 4.90 Å². The molecule has 2 aromatic rings. The molecule has 3 rings (SSSR count). The van der Waals surface area contributed by atoms with Crippen LogP contribution in [0.4, 0.5) is 0 Å². The van der Waals surface area contributed by atoms with Crippen molar-refractivity contribution >= 4 is 16.0 Å². The molecule has 0 saturated carbocycles. The Kier molecular flexibility index (Phi) is 4.55. The molecule has 1 unspecified atom stereocenters. The zero-order chi connectivity index (χ0) is 17.2. The van der Waals surface area contributed by atoms with Gasteiger partial charge in [-0.1, -0.05) is 24.3 Å². The summed E-state index contributed by atoms with van der Waals surface area (Å²) in [6, 6.07) is 13.4. The van der Waals surface area contributed by atoms with Crippen LogP contribution in [0.2, 0.25) is 0 Å². The van der Waals surface area contributed by atoms with E-state index in [9.17, 15) is 13.2 Å². The molecule has 0 radical (unpaired) electrons. The number of carbonyl (C=O) groups is 1. The van der Waals surface area contributed by atoms with E-state index in [1.165, 1.54) is 0 Å². The summed E-state index contributed by atoms with van der Waals surface area (Å²) in [5.41, 5.74) is 2.01. The smallest absolute Gasteiger partial charge is 0.341 e. The number of carboxylic acid groups (broad SMARTS) is 1. The van der Waals surface area contributed by atoms with Crippen molar-refractivity contribution in [1.82, 2.24) is 4.72 Å². The Hall–Kier alpha value is -2.38. The molecule has 1 atom stereocenters. The van der Waals surface area contributed by atoms with Crippen molar-refractivity contribution in [2.24, 2.45) is 0 Å². The summed E-state index contributed by atoms with van der Waals surface area (Å²) in [4.78, 5) is 10.8.